The molecule has 0 bridgehead atoms. The van der Waals surface area contributed by atoms with E-state index in [4.69, 9.17) is 13.9 Å². The van der Waals surface area contributed by atoms with Gasteiger partial charge in [-0.2, -0.15) is 4.57 Å². The highest BCUT2D eigenvalue weighted by molar-refractivity contribution is 7.92. The Balaban J connectivity index is 0.000000308. The van der Waals surface area contributed by atoms with Gasteiger partial charge in [0.25, 0.3) is 5.52 Å². The number of ether oxygens (including phenoxy) is 2. The molecular weight excluding hydrogens is 711 g/mol. The average molecular weight is 747 g/mol. The van der Waals surface area contributed by atoms with E-state index in [1.165, 1.54) is 19.1 Å². The van der Waals surface area contributed by atoms with Crippen LogP contribution in [-0.4, -0.2) is 45.2 Å². The van der Waals surface area contributed by atoms with Crippen LogP contribution in [0.25, 0.3) is 17.2 Å². The van der Waals surface area contributed by atoms with Crippen molar-refractivity contribution in [3.8, 4) is 0 Å². The highest BCUT2D eigenvalue weighted by Crippen LogP contribution is 2.17. The van der Waals surface area contributed by atoms with Crippen molar-refractivity contribution in [1.82, 2.24) is 0 Å². The van der Waals surface area contributed by atoms with E-state index in [1.54, 1.807) is 36.2 Å². The summed E-state index contributed by atoms with van der Waals surface area (Å²) in [7, 11) is -3.72. The Morgan fingerprint density at radius 2 is 1.47 bits per heavy atom. The van der Waals surface area contributed by atoms with Crippen molar-refractivity contribution in [1.29, 1.82) is 0 Å². The van der Waals surface area contributed by atoms with Crippen LogP contribution < -0.4 is 33.4 Å². The number of anilines is 1. The zero-order valence-corrected chi connectivity index (χ0v) is 28.2. The standard InChI is InChI=1S/C19H19N2O2.C14H16O6S.HI/c1-3-20-17-11-7-8-12-18(17)23-19(20)13-14-21(15(2)22)16-9-5-4-6-10-16;1-11(2)14(16)20-9-8-19-13(15)10-21(17,18)12-6-4-3-5-7-12;/h4-14H,3H2,1-2H3;3-7H,1,8-10H2,2H3;1H/q+1;;/p-1. The van der Waals surface area contributed by atoms with E-state index in [0.29, 0.717) is 0 Å². The molecular formula is C33H35IN2O8S. The topological polar surface area (TPSA) is 124 Å². The molecule has 12 heteroatoms. The summed E-state index contributed by atoms with van der Waals surface area (Å²) in [4.78, 5) is 36.1. The summed E-state index contributed by atoms with van der Waals surface area (Å²) in [6, 6.07) is 25.1. The number of rotatable bonds is 11. The van der Waals surface area contributed by atoms with Gasteiger partial charge in [-0.15, -0.1) is 0 Å². The van der Waals surface area contributed by atoms with E-state index in [2.05, 4.69) is 18.1 Å². The van der Waals surface area contributed by atoms with Crippen LogP contribution in [0.1, 0.15) is 26.7 Å². The van der Waals surface area contributed by atoms with Crippen molar-refractivity contribution in [2.75, 3.05) is 23.9 Å². The van der Waals surface area contributed by atoms with Gasteiger partial charge in [0, 0.05) is 30.5 Å². The van der Waals surface area contributed by atoms with Crippen molar-refractivity contribution in [3.63, 3.8) is 0 Å². The average Bonchev–Trinajstić information content (AvgIpc) is 3.37. The van der Waals surface area contributed by atoms with Crippen molar-refractivity contribution in [2.45, 2.75) is 32.2 Å². The van der Waals surface area contributed by atoms with Crippen LogP contribution in [-0.2, 0) is 40.2 Å². The number of fused-ring (bicyclic) bond motifs is 1. The number of esters is 2. The third-order valence-electron chi connectivity index (χ3n) is 6.03. The lowest BCUT2D eigenvalue weighted by Gasteiger charge is -2.15. The van der Waals surface area contributed by atoms with Crippen LogP contribution in [0.5, 0.6) is 0 Å². The number of amides is 1. The molecule has 4 aromatic rings. The zero-order chi connectivity index (χ0) is 32.1. The van der Waals surface area contributed by atoms with Gasteiger partial charge < -0.3 is 37.9 Å². The first-order valence-corrected chi connectivity index (χ1v) is 15.4. The molecule has 4 rings (SSSR count). The fraction of sp³-hybridized carbons (Fsp3) is 0.212. The van der Waals surface area contributed by atoms with Gasteiger partial charge in [-0.1, -0.05) is 55.1 Å². The summed E-state index contributed by atoms with van der Waals surface area (Å²) in [5.74, 6) is -1.58. The number of sulfone groups is 1. The SMILES string of the molecule is C=C(C)C(=O)OCCOC(=O)CS(=O)(=O)c1ccccc1.CC[n+]1c(/C=C/N(C(C)=O)c2ccccc2)oc2ccccc21.[I-]. The predicted octanol–water partition coefficient (Wildman–Crippen LogP) is 1.89. The highest BCUT2D eigenvalue weighted by Gasteiger charge is 2.21. The molecule has 0 N–H and O–H groups in total. The minimum absolute atomic E-state index is 0. The number of para-hydroxylation sites is 3. The second kappa shape index (κ2) is 17.9. The van der Waals surface area contributed by atoms with Crippen molar-refractivity contribution in [3.05, 3.63) is 109 Å². The summed E-state index contributed by atoms with van der Waals surface area (Å²) < 4.78 is 41.1. The Morgan fingerprint density at radius 1 is 0.889 bits per heavy atom. The summed E-state index contributed by atoms with van der Waals surface area (Å²) >= 11 is 0. The molecule has 0 unspecified atom stereocenters. The van der Waals surface area contributed by atoms with Gasteiger partial charge in [0.05, 0.1) is 11.0 Å². The van der Waals surface area contributed by atoms with Crippen LogP contribution in [0, 0.1) is 0 Å². The number of oxazole rings is 1. The third-order valence-corrected chi connectivity index (χ3v) is 7.64. The second-order valence-electron chi connectivity index (χ2n) is 9.40. The van der Waals surface area contributed by atoms with Gasteiger partial charge in [-0.25, -0.2) is 13.2 Å². The molecule has 0 aliphatic carbocycles. The van der Waals surface area contributed by atoms with Crippen LogP contribution in [0.15, 0.2) is 113 Å². The maximum Gasteiger partial charge on any atom is 0.375 e. The first-order chi connectivity index (χ1) is 21.0. The molecule has 0 radical (unpaired) electrons. The fourth-order valence-corrected chi connectivity index (χ4v) is 5.06. The minimum Gasteiger partial charge on any atom is -1.00 e. The number of hydrogen-bond donors (Lipinski definition) is 0. The van der Waals surface area contributed by atoms with E-state index < -0.39 is 27.5 Å². The Labute approximate surface area is 279 Å². The molecule has 0 spiro atoms. The Bertz CT molecular complexity index is 1740. The van der Waals surface area contributed by atoms with E-state index in [-0.39, 0.29) is 53.6 Å². The molecule has 0 saturated carbocycles. The Morgan fingerprint density at radius 3 is 2.07 bits per heavy atom. The summed E-state index contributed by atoms with van der Waals surface area (Å²) in [5, 5.41) is 0. The first kappa shape index (κ1) is 36.9. The number of aromatic nitrogens is 1. The number of halogens is 1. The zero-order valence-electron chi connectivity index (χ0n) is 25.2. The molecule has 0 aliphatic heterocycles. The van der Waals surface area contributed by atoms with E-state index >= 15 is 0 Å². The van der Waals surface area contributed by atoms with Gasteiger partial charge in [-0.3, -0.25) is 14.5 Å². The number of carbonyl (C=O) groups is 3. The highest BCUT2D eigenvalue weighted by atomic mass is 127. The lowest BCUT2D eigenvalue weighted by molar-refractivity contribution is -0.674. The lowest BCUT2D eigenvalue weighted by Crippen LogP contribution is -3.00. The van der Waals surface area contributed by atoms with Gasteiger partial charge >= 0.3 is 17.8 Å². The van der Waals surface area contributed by atoms with Gasteiger partial charge in [0.2, 0.25) is 11.5 Å². The summed E-state index contributed by atoms with van der Waals surface area (Å²) in [6.45, 7) is 8.93. The van der Waals surface area contributed by atoms with Crippen LogP contribution >= 0.6 is 0 Å². The number of benzene rings is 3. The van der Waals surface area contributed by atoms with E-state index in [0.717, 1.165) is 29.2 Å². The quantitative estimate of drug-likeness (QED) is 0.0751. The first-order valence-electron chi connectivity index (χ1n) is 13.7. The van der Waals surface area contributed by atoms with E-state index in [1.807, 2.05) is 60.7 Å². The monoisotopic (exact) mass is 746 g/mol. The number of hydrogen-bond acceptors (Lipinski definition) is 8. The smallest absolute Gasteiger partial charge is 0.375 e. The number of nitrogens with zero attached hydrogens (tertiary/aromatic N) is 2. The molecule has 1 heterocycles. The Kier molecular flexibility index (Phi) is 14.6. The molecule has 0 fully saturated rings. The van der Waals surface area contributed by atoms with Gasteiger partial charge in [-0.05, 0) is 44.2 Å². The third kappa shape index (κ3) is 11.0. The largest absolute Gasteiger partial charge is 1.00 e. The molecule has 3 aromatic carbocycles. The summed E-state index contributed by atoms with van der Waals surface area (Å²) in [5.41, 5.74) is 2.94. The molecule has 10 nitrogen and oxygen atoms in total. The molecule has 1 amide bonds. The lowest BCUT2D eigenvalue weighted by atomic mass is 10.3. The molecule has 0 saturated heterocycles. The van der Waals surface area contributed by atoms with Gasteiger partial charge in [0.15, 0.2) is 15.6 Å². The van der Waals surface area contributed by atoms with Gasteiger partial charge in [0.1, 0.15) is 19.8 Å². The summed E-state index contributed by atoms with van der Waals surface area (Å²) in [6.07, 6.45) is 3.58. The maximum atomic E-state index is 11.9. The minimum atomic E-state index is -3.72. The van der Waals surface area contributed by atoms with Crippen molar-refractivity contribution < 1.29 is 65.2 Å². The van der Waals surface area contributed by atoms with Crippen LogP contribution in [0.3, 0.4) is 0 Å². The van der Waals surface area contributed by atoms with Crippen LogP contribution in [0.4, 0.5) is 5.69 Å². The molecule has 0 aliphatic rings. The Hall–Kier alpha value is -4.30. The van der Waals surface area contributed by atoms with Crippen LogP contribution in [0.2, 0.25) is 0 Å². The molecule has 45 heavy (non-hydrogen) atoms. The number of carbonyl (C=O) groups excluding carboxylic acids is 3. The van der Waals surface area contributed by atoms with Crippen molar-refractivity contribution in [2.24, 2.45) is 0 Å². The second-order valence-corrected chi connectivity index (χ2v) is 11.4. The van der Waals surface area contributed by atoms with E-state index in [9.17, 15) is 22.8 Å². The maximum absolute atomic E-state index is 11.9. The molecule has 1 aromatic heterocycles. The predicted molar refractivity (Wildman–Crippen MR) is 166 cm³/mol. The fourth-order valence-electron chi connectivity index (χ4n) is 3.92. The molecule has 238 valence electrons. The van der Waals surface area contributed by atoms with Crippen molar-refractivity contribution >= 4 is 50.5 Å². The molecule has 0 atom stereocenters. The normalized spacial score (nSPS) is 10.7. The number of aryl methyl sites for hydroxylation is 1.